The molecule has 0 aliphatic heterocycles. The molecule has 1 atom stereocenters. The third-order valence-electron chi connectivity index (χ3n) is 2.75. The van der Waals surface area contributed by atoms with Gasteiger partial charge in [-0.25, -0.2) is 0 Å². The Kier molecular flexibility index (Phi) is 5.93. The van der Waals surface area contributed by atoms with Gasteiger partial charge in [-0.1, -0.05) is 6.07 Å². The van der Waals surface area contributed by atoms with Crippen LogP contribution in [0, 0.1) is 6.92 Å². The fourth-order valence-corrected chi connectivity index (χ4v) is 1.85. The molecule has 1 unspecified atom stereocenters. The Balaban J connectivity index is 1.85. The second-order valence-electron chi connectivity index (χ2n) is 5.09. The Hall–Kier alpha value is -2.61. The summed E-state index contributed by atoms with van der Waals surface area (Å²) in [5.41, 5.74) is 0.878. The number of aromatic nitrogens is 4. The van der Waals surface area contributed by atoms with Crippen molar-refractivity contribution in [2.45, 2.75) is 33.4 Å². The number of nitrogens with zero attached hydrogens (tertiary/aromatic N) is 4. The minimum Gasteiger partial charge on any atom is -0.373 e. The van der Waals surface area contributed by atoms with Crippen LogP contribution in [0.2, 0.25) is 0 Å². The van der Waals surface area contributed by atoms with Gasteiger partial charge < -0.3 is 10.1 Å². The lowest BCUT2D eigenvalue weighted by atomic mass is 10.3. The molecule has 2 aromatic rings. The van der Waals surface area contributed by atoms with Gasteiger partial charge in [-0.3, -0.25) is 15.1 Å². The number of pyridine rings is 1. The van der Waals surface area contributed by atoms with Gasteiger partial charge >= 0.3 is 0 Å². The van der Waals surface area contributed by atoms with E-state index in [9.17, 15) is 4.79 Å². The van der Waals surface area contributed by atoms with Gasteiger partial charge in [-0.2, -0.15) is 15.0 Å². The van der Waals surface area contributed by atoms with E-state index in [1.807, 2.05) is 25.1 Å². The van der Waals surface area contributed by atoms with E-state index in [0.29, 0.717) is 25.0 Å². The van der Waals surface area contributed by atoms with Crippen molar-refractivity contribution in [3.63, 3.8) is 0 Å². The number of nitrogens with one attached hydrogen (secondary N) is 2. The van der Waals surface area contributed by atoms with Gasteiger partial charge in [0, 0.05) is 19.2 Å². The Morgan fingerprint density at radius 3 is 2.74 bits per heavy atom. The minimum absolute atomic E-state index is 0.00862. The summed E-state index contributed by atoms with van der Waals surface area (Å²) < 4.78 is 5.61. The molecule has 8 heteroatoms. The van der Waals surface area contributed by atoms with Gasteiger partial charge in [0.1, 0.15) is 5.82 Å². The summed E-state index contributed by atoms with van der Waals surface area (Å²) in [6.07, 6.45) is 1.73. The zero-order valence-electron chi connectivity index (χ0n) is 13.4. The summed E-state index contributed by atoms with van der Waals surface area (Å²) in [6.45, 7) is 6.01. The van der Waals surface area contributed by atoms with E-state index in [4.69, 9.17) is 4.74 Å². The second-order valence-corrected chi connectivity index (χ2v) is 5.09. The molecular formula is C15H20N6O2. The number of rotatable bonds is 7. The molecule has 0 saturated heterocycles. The number of carbonyl (C=O) groups is 1. The molecule has 2 rings (SSSR count). The van der Waals surface area contributed by atoms with Crippen LogP contribution >= 0.6 is 0 Å². The smallest absolute Gasteiger partial charge is 0.234 e. The molecule has 0 fully saturated rings. The third-order valence-corrected chi connectivity index (χ3v) is 2.75. The predicted molar refractivity (Wildman–Crippen MR) is 85.8 cm³/mol. The van der Waals surface area contributed by atoms with Crippen LogP contribution in [-0.2, 0) is 16.1 Å². The number of hydrogen-bond donors (Lipinski definition) is 2. The highest BCUT2D eigenvalue weighted by Crippen LogP contribution is 2.07. The molecule has 0 bridgehead atoms. The van der Waals surface area contributed by atoms with Crippen LogP contribution in [0.4, 0.5) is 11.9 Å². The first kappa shape index (κ1) is 16.8. The Morgan fingerprint density at radius 1 is 1.26 bits per heavy atom. The quantitative estimate of drug-likeness (QED) is 0.799. The summed E-state index contributed by atoms with van der Waals surface area (Å²) in [5.74, 6) is 0.922. The summed E-state index contributed by atoms with van der Waals surface area (Å²) in [4.78, 5) is 27.7. The van der Waals surface area contributed by atoms with Gasteiger partial charge in [-0.05, 0) is 26.0 Å². The largest absolute Gasteiger partial charge is 0.373 e. The number of ether oxygens (including phenoxy) is 1. The van der Waals surface area contributed by atoms with E-state index in [1.165, 1.54) is 6.92 Å². The maximum atomic E-state index is 11.1. The van der Waals surface area contributed by atoms with Gasteiger partial charge in [0.2, 0.25) is 17.8 Å². The molecule has 2 heterocycles. The highest BCUT2D eigenvalue weighted by atomic mass is 16.5. The number of hydrogen-bond acceptors (Lipinski definition) is 7. The molecule has 1 amide bonds. The molecule has 0 spiro atoms. The molecule has 0 aromatic carbocycles. The van der Waals surface area contributed by atoms with Crippen LogP contribution < -0.4 is 10.6 Å². The van der Waals surface area contributed by atoms with Crippen LogP contribution in [0.5, 0.6) is 0 Å². The van der Waals surface area contributed by atoms with Gasteiger partial charge in [0.15, 0.2) is 0 Å². The fourth-order valence-electron chi connectivity index (χ4n) is 1.85. The lowest BCUT2D eigenvalue weighted by Crippen LogP contribution is -2.24. The van der Waals surface area contributed by atoms with Crippen LogP contribution in [0.15, 0.2) is 24.4 Å². The summed E-state index contributed by atoms with van der Waals surface area (Å²) in [6, 6.07) is 5.69. The molecule has 0 aliphatic carbocycles. The zero-order chi connectivity index (χ0) is 16.7. The molecule has 2 N–H and O–H groups in total. The predicted octanol–water partition coefficient (Wildman–Crippen LogP) is 1.55. The number of amides is 1. The maximum absolute atomic E-state index is 11.1. The van der Waals surface area contributed by atoms with E-state index < -0.39 is 0 Å². The topological polar surface area (TPSA) is 102 Å². The Morgan fingerprint density at radius 2 is 2.04 bits per heavy atom. The van der Waals surface area contributed by atoms with Crippen LogP contribution in [0.1, 0.15) is 25.4 Å². The lowest BCUT2D eigenvalue weighted by molar-refractivity contribution is -0.114. The minimum atomic E-state index is -0.228. The summed E-state index contributed by atoms with van der Waals surface area (Å²) in [5, 5.41) is 5.67. The molecule has 122 valence electrons. The van der Waals surface area contributed by atoms with E-state index in [2.05, 4.69) is 30.6 Å². The van der Waals surface area contributed by atoms with E-state index >= 15 is 0 Å². The normalized spacial score (nSPS) is 11.8. The number of carbonyl (C=O) groups excluding carboxylic acids is 1. The average molecular weight is 316 g/mol. The monoisotopic (exact) mass is 316 g/mol. The highest BCUT2D eigenvalue weighted by molar-refractivity contribution is 5.86. The maximum Gasteiger partial charge on any atom is 0.234 e. The molecule has 23 heavy (non-hydrogen) atoms. The lowest BCUT2D eigenvalue weighted by Gasteiger charge is -2.14. The van der Waals surface area contributed by atoms with Gasteiger partial charge in [-0.15, -0.1) is 0 Å². The average Bonchev–Trinajstić information content (AvgIpc) is 2.46. The van der Waals surface area contributed by atoms with E-state index in [-0.39, 0.29) is 17.9 Å². The van der Waals surface area contributed by atoms with Crippen molar-refractivity contribution >= 4 is 17.8 Å². The number of aryl methyl sites for hydroxylation is 1. The van der Waals surface area contributed by atoms with Gasteiger partial charge in [0.05, 0.1) is 18.9 Å². The van der Waals surface area contributed by atoms with Crippen molar-refractivity contribution in [2.24, 2.45) is 0 Å². The Bertz CT molecular complexity index is 650. The summed E-state index contributed by atoms with van der Waals surface area (Å²) in [7, 11) is 0. The van der Waals surface area contributed by atoms with Crippen LogP contribution in [-0.4, -0.2) is 38.5 Å². The molecule has 0 saturated carbocycles. The first-order chi connectivity index (χ1) is 11.0. The third kappa shape index (κ3) is 5.95. The standard InChI is InChI=1S/C15H20N6O2/c1-10(8-23-9-13-6-4-5-7-16-13)17-14-18-11(2)19-15(21-14)20-12(3)22/h4-7,10H,8-9H2,1-3H3,(H2,17,18,19,20,21,22). The fraction of sp³-hybridized carbons (Fsp3) is 0.400. The van der Waals surface area contributed by atoms with Crippen molar-refractivity contribution in [3.8, 4) is 0 Å². The van der Waals surface area contributed by atoms with Crippen molar-refractivity contribution in [2.75, 3.05) is 17.2 Å². The Labute approximate surface area is 134 Å². The highest BCUT2D eigenvalue weighted by Gasteiger charge is 2.09. The van der Waals surface area contributed by atoms with Crippen LogP contribution in [0.25, 0.3) is 0 Å². The molecule has 0 radical (unpaired) electrons. The van der Waals surface area contributed by atoms with Gasteiger partial charge in [0.25, 0.3) is 0 Å². The van der Waals surface area contributed by atoms with Crippen molar-refractivity contribution in [1.29, 1.82) is 0 Å². The SMILES string of the molecule is CC(=O)Nc1nc(C)nc(NC(C)COCc2ccccn2)n1. The second kappa shape index (κ2) is 8.14. The van der Waals surface area contributed by atoms with E-state index in [1.54, 1.807) is 13.1 Å². The van der Waals surface area contributed by atoms with Crippen molar-refractivity contribution < 1.29 is 9.53 Å². The molecule has 0 aliphatic rings. The molecule has 8 nitrogen and oxygen atoms in total. The van der Waals surface area contributed by atoms with Crippen LogP contribution in [0.3, 0.4) is 0 Å². The number of anilines is 2. The van der Waals surface area contributed by atoms with E-state index in [0.717, 1.165) is 5.69 Å². The summed E-state index contributed by atoms with van der Waals surface area (Å²) >= 11 is 0. The zero-order valence-corrected chi connectivity index (χ0v) is 13.4. The first-order valence-electron chi connectivity index (χ1n) is 7.27. The van der Waals surface area contributed by atoms with Crippen molar-refractivity contribution in [3.05, 3.63) is 35.9 Å². The van der Waals surface area contributed by atoms with Crippen molar-refractivity contribution in [1.82, 2.24) is 19.9 Å². The molecular weight excluding hydrogens is 296 g/mol. The molecule has 2 aromatic heterocycles. The first-order valence-corrected chi connectivity index (χ1v) is 7.27.